The maximum Gasteiger partial charge on any atom is 0.416 e. The van der Waals surface area contributed by atoms with Gasteiger partial charge in [0.25, 0.3) is 0 Å². The second kappa shape index (κ2) is 4.98. The molecule has 1 aliphatic rings. The molecule has 0 bridgehead atoms. The summed E-state index contributed by atoms with van der Waals surface area (Å²) in [5, 5.41) is 0. The van der Waals surface area contributed by atoms with Crippen molar-refractivity contribution in [1.82, 2.24) is 0 Å². The quantitative estimate of drug-likeness (QED) is 0.765. The van der Waals surface area contributed by atoms with Crippen molar-refractivity contribution in [2.75, 3.05) is 18.1 Å². The minimum absolute atomic E-state index is 0.511. The molecule has 0 saturated heterocycles. The fourth-order valence-corrected chi connectivity index (χ4v) is 2.43. The Bertz CT molecular complexity index is 650. The van der Waals surface area contributed by atoms with Gasteiger partial charge in [0.05, 0.1) is 17.8 Å². The van der Waals surface area contributed by atoms with E-state index in [0.29, 0.717) is 13.2 Å². The van der Waals surface area contributed by atoms with E-state index < -0.39 is 11.7 Å². The van der Waals surface area contributed by atoms with Gasteiger partial charge in [0.2, 0.25) is 0 Å². The lowest BCUT2D eigenvalue weighted by Gasteiger charge is -2.31. The Morgan fingerprint density at radius 1 is 1.05 bits per heavy atom. The molecule has 2 aromatic rings. The highest BCUT2D eigenvalue weighted by Gasteiger charge is 2.30. The van der Waals surface area contributed by atoms with E-state index in [-0.39, 0.29) is 0 Å². The predicted octanol–water partition coefficient (Wildman–Crippen LogP) is 4.54. The SMILES string of the molecule is Cc1ccc2c(c1)OCCN2c1ccc(C(F)(F)F)cc1. The number of aryl methyl sites for hydroxylation is 1. The molecule has 0 fully saturated rings. The molecule has 1 aliphatic heterocycles. The van der Waals surface area contributed by atoms with E-state index in [1.165, 1.54) is 12.1 Å². The van der Waals surface area contributed by atoms with Crippen LogP contribution in [0.1, 0.15) is 11.1 Å². The van der Waals surface area contributed by atoms with Crippen LogP contribution in [-0.2, 0) is 6.18 Å². The fraction of sp³-hybridized carbons (Fsp3) is 0.250. The third-order valence-corrected chi connectivity index (χ3v) is 3.48. The third kappa shape index (κ3) is 2.68. The highest BCUT2D eigenvalue weighted by atomic mass is 19.4. The molecule has 5 heteroatoms. The number of halogens is 3. The molecular weight excluding hydrogens is 279 g/mol. The van der Waals surface area contributed by atoms with Crippen LogP contribution in [0.25, 0.3) is 0 Å². The smallest absolute Gasteiger partial charge is 0.416 e. The van der Waals surface area contributed by atoms with Crippen LogP contribution >= 0.6 is 0 Å². The summed E-state index contributed by atoms with van der Waals surface area (Å²) in [6.07, 6.45) is -4.31. The first-order valence-corrected chi connectivity index (χ1v) is 6.63. The molecule has 2 nitrogen and oxygen atoms in total. The number of alkyl halides is 3. The van der Waals surface area contributed by atoms with Gasteiger partial charge in [-0.1, -0.05) is 6.07 Å². The molecular formula is C16H14F3NO. The summed E-state index contributed by atoms with van der Waals surface area (Å²) in [4.78, 5) is 1.97. The molecule has 0 radical (unpaired) electrons. The van der Waals surface area contributed by atoms with Gasteiger partial charge in [-0.05, 0) is 48.9 Å². The zero-order valence-corrected chi connectivity index (χ0v) is 11.4. The van der Waals surface area contributed by atoms with Crippen LogP contribution in [0, 0.1) is 6.92 Å². The number of hydrogen-bond acceptors (Lipinski definition) is 2. The maximum absolute atomic E-state index is 12.6. The second-order valence-electron chi connectivity index (χ2n) is 5.02. The van der Waals surface area contributed by atoms with E-state index in [2.05, 4.69) is 0 Å². The van der Waals surface area contributed by atoms with Crippen molar-refractivity contribution in [3.63, 3.8) is 0 Å². The van der Waals surface area contributed by atoms with E-state index >= 15 is 0 Å². The van der Waals surface area contributed by atoms with Crippen LogP contribution in [0.3, 0.4) is 0 Å². The summed E-state index contributed by atoms with van der Waals surface area (Å²) < 4.78 is 43.4. The van der Waals surface area contributed by atoms with Crippen LogP contribution in [-0.4, -0.2) is 13.2 Å². The number of fused-ring (bicyclic) bond motifs is 1. The Kier molecular flexibility index (Phi) is 3.27. The van der Waals surface area contributed by atoms with Gasteiger partial charge in [0.15, 0.2) is 0 Å². The molecule has 0 unspecified atom stereocenters. The molecule has 0 aromatic heterocycles. The molecule has 2 aromatic carbocycles. The number of hydrogen-bond donors (Lipinski definition) is 0. The van der Waals surface area contributed by atoms with Gasteiger partial charge in [-0.25, -0.2) is 0 Å². The van der Waals surface area contributed by atoms with Gasteiger partial charge in [-0.3, -0.25) is 0 Å². The summed E-state index contributed by atoms with van der Waals surface area (Å²) in [5.41, 5.74) is 2.06. The van der Waals surface area contributed by atoms with Crippen molar-refractivity contribution in [1.29, 1.82) is 0 Å². The molecule has 0 N–H and O–H groups in total. The highest BCUT2D eigenvalue weighted by molar-refractivity contribution is 5.71. The van der Waals surface area contributed by atoms with Crippen molar-refractivity contribution >= 4 is 11.4 Å². The Hall–Kier alpha value is -2.17. The molecule has 110 valence electrons. The second-order valence-corrected chi connectivity index (χ2v) is 5.02. The van der Waals surface area contributed by atoms with Crippen LogP contribution in [0.4, 0.5) is 24.5 Å². The van der Waals surface area contributed by atoms with Gasteiger partial charge in [0.1, 0.15) is 12.4 Å². The number of rotatable bonds is 1. The molecule has 0 atom stereocenters. The Morgan fingerprint density at radius 2 is 1.76 bits per heavy atom. The lowest BCUT2D eigenvalue weighted by atomic mass is 10.1. The molecule has 1 heterocycles. The Labute approximate surface area is 120 Å². The largest absolute Gasteiger partial charge is 0.490 e. The van der Waals surface area contributed by atoms with Crippen LogP contribution < -0.4 is 9.64 Å². The number of nitrogens with zero attached hydrogens (tertiary/aromatic N) is 1. The topological polar surface area (TPSA) is 12.5 Å². The zero-order valence-electron chi connectivity index (χ0n) is 11.4. The normalized spacial score (nSPS) is 14.6. The van der Waals surface area contributed by atoms with E-state index in [1.54, 1.807) is 0 Å². The lowest BCUT2D eigenvalue weighted by Crippen LogP contribution is -2.28. The molecule has 3 rings (SSSR count). The van der Waals surface area contributed by atoms with Crippen molar-refractivity contribution in [2.45, 2.75) is 13.1 Å². The molecule has 0 aliphatic carbocycles. The van der Waals surface area contributed by atoms with Crippen molar-refractivity contribution in [3.05, 3.63) is 53.6 Å². The van der Waals surface area contributed by atoms with E-state index in [1.807, 2.05) is 30.0 Å². The van der Waals surface area contributed by atoms with Crippen LogP contribution in [0.5, 0.6) is 5.75 Å². The first kappa shape index (κ1) is 13.8. The third-order valence-electron chi connectivity index (χ3n) is 3.48. The van der Waals surface area contributed by atoms with Gasteiger partial charge >= 0.3 is 6.18 Å². The average Bonchev–Trinajstić information content (AvgIpc) is 2.45. The van der Waals surface area contributed by atoms with Gasteiger partial charge in [-0.15, -0.1) is 0 Å². The summed E-state index contributed by atoms with van der Waals surface area (Å²) >= 11 is 0. The first-order valence-electron chi connectivity index (χ1n) is 6.63. The number of ether oxygens (including phenoxy) is 1. The monoisotopic (exact) mass is 293 g/mol. The summed E-state index contributed by atoms with van der Waals surface area (Å²) in [5.74, 6) is 0.765. The van der Waals surface area contributed by atoms with Crippen LogP contribution in [0.2, 0.25) is 0 Å². The van der Waals surface area contributed by atoms with E-state index in [0.717, 1.165) is 34.8 Å². The zero-order chi connectivity index (χ0) is 15.0. The molecule has 0 amide bonds. The first-order chi connectivity index (χ1) is 9.95. The van der Waals surface area contributed by atoms with E-state index in [4.69, 9.17) is 4.74 Å². The number of benzene rings is 2. The van der Waals surface area contributed by atoms with Gasteiger partial charge < -0.3 is 9.64 Å². The summed E-state index contributed by atoms with van der Waals surface area (Å²) in [7, 11) is 0. The minimum atomic E-state index is -4.31. The lowest BCUT2D eigenvalue weighted by molar-refractivity contribution is -0.137. The summed E-state index contributed by atoms with van der Waals surface area (Å²) in [6, 6.07) is 11.0. The van der Waals surface area contributed by atoms with Crippen molar-refractivity contribution in [3.8, 4) is 5.75 Å². The predicted molar refractivity (Wildman–Crippen MR) is 75.1 cm³/mol. The van der Waals surface area contributed by atoms with E-state index in [9.17, 15) is 13.2 Å². The van der Waals surface area contributed by atoms with Crippen molar-refractivity contribution in [2.24, 2.45) is 0 Å². The Balaban J connectivity index is 1.95. The summed E-state index contributed by atoms with van der Waals surface area (Å²) in [6.45, 7) is 3.10. The van der Waals surface area contributed by atoms with Crippen LogP contribution in [0.15, 0.2) is 42.5 Å². The Morgan fingerprint density at radius 3 is 2.43 bits per heavy atom. The average molecular weight is 293 g/mol. The minimum Gasteiger partial charge on any atom is -0.490 e. The maximum atomic E-state index is 12.6. The highest BCUT2D eigenvalue weighted by Crippen LogP contribution is 2.38. The van der Waals surface area contributed by atoms with Gasteiger partial charge in [0, 0.05) is 5.69 Å². The van der Waals surface area contributed by atoms with Gasteiger partial charge in [-0.2, -0.15) is 13.2 Å². The fourth-order valence-electron chi connectivity index (χ4n) is 2.43. The molecule has 0 saturated carbocycles. The van der Waals surface area contributed by atoms with Crippen molar-refractivity contribution < 1.29 is 17.9 Å². The molecule has 21 heavy (non-hydrogen) atoms. The molecule has 0 spiro atoms. The standard InChI is InChI=1S/C16H14F3NO/c1-11-2-7-14-15(10-11)21-9-8-20(14)13-5-3-12(4-6-13)16(17,18)19/h2-7,10H,8-9H2,1H3. The number of anilines is 2.